The molecule has 2 atom stereocenters. The van der Waals surface area contributed by atoms with Crippen molar-refractivity contribution >= 4 is 5.69 Å². The van der Waals surface area contributed by atoms with Crippen LogP contribution >= 0.6 is 0 Å². The van der Waals surface area contributed by atoms with E-state index in [1.807, 2.05) is 0 Å². The summed E-state index contributed by atoms with van der Waals surface area (Å²) >= 11 is 0. The molecule has 2 rings (SSSR count). The van der Waals surface area contributed by atoms with Crippen LogP contribution in [0.25, 0.3) is 0 Å². The fourth-order valence-electron chi connectivity index (χ4n) is 2.64. The van der Waals surface area contributed by atoms with Crippen molar-refractivity contribution in [3.05, 3.63) is 34.4 Å². The van der Waals surface area contributed by atoms with E-state index in [0.717, 1.165) is 25.4 Å². The summed E-state index contributed by atoms with van der Waals surface area (Å²) in [5.74, 6) is 1.25. The molecule has 1 unspecified atom stereocenters. The van der Waals surface area contributed by atoms with Crippen molar-refractivity contribution in [1.82, 2.24) is 0 Å². The van der Waals surface area contributed by atoms with Gasteiger partial charge in [-0.05, 0) is 25.3 Å². The van der Waals surface area contributed by atoms with Gasteiger partial charge in [-0.25, -0.2) is 0 Å². The summed E-state index contributed by atoms with van der Waals surface area (Å²) in [6.45, 7) is 5.17. The Labute approximate surface area is 130 Å². The Hall–Kier alpha value is -1.66. The summed E-state index contributed by atoms with van der Waals surface area (Å²) in [7, 11) is 0. The maximum absolute atomic E-state index is 10.7. The molecular weight excluding hydrogens is 284 g/mol. The van der Waals surface area contributed by atoms with E-state index >= 15 is 0 Å². The Balaban J connectivity index is 1.79. The first kappa shape index (κ1) is 16.7. The number of quaternary nitrogens is 1. The summed E-state index contributed by atoms with van der Waals surface area (Å²) in [6.07, 6.45) is 3.17. The second kappa shape index (κ2) is 8.10. The number of hydrogen-bond donors (Lipinski definition) is 2. The fourth-order valence-corrected chi connectivity index (χ4v) is 2.64. The number of nitro benzene ring substituents is 1. The predicted octanol–water partition coefficient (Wildman–Crippen LogP) is 1.04. The van der Waals surface area contributed by atoms with Gasteiger partial charge >= 0.3 is 0 Å². The lowest BCUT2D eigenvalue weighted by atomic mass is 10.2. The summed E-state index contributed by atoms with van der Waals surface area (Å²) < 4.78 is 5.49. The van der Waals surface area contributed by atoms with E-state index in [0.29, 0.717) is 12.3 Å². The molecule has 6 nitrogen and oxygen atoms in total. The van der Waals surface area contributed by atoms with Crippen LogP contribution in [-0.4, -0.2) is 42.4 Å². The molecule has 1 aliphatic carbocycles. The van der Waals surface area contributed by atoms with Crippen LogP contribution in [0.2, 0.25) is 0 Å². The number of non-ortho nitro benzene ring substituents is 1. The summed E-state index contributed by atoms with van der Waals surface area (Å²) in [4.78, 5) is 11.7. The van der Waals surface area contributed by atoms with Gasteiger partial charge in [0.15, 0.2) is 0 Å². The standard InChI is InChI=1S/C16H24N2O4/c1-2-8-17(10-13-6-7-13)11-15(19)12-22-16-5-3-4-14(9-16)18(20)21/h3-5,9,13,15,19H,2,6-8,10-12H2,1H3/p+1/t15-/m1/s1. The molecule has 1 saturated carbocycles. The van der Waals surface area contributed by atoms with Gasteiger partial charge in [0.05, 0.1) is 24.1 Å². The van der Waals surface area contributed by atoms with Gasteiger partial charge in [-0.1, -0.05) is 13.0 Å². The summed E-state index contributed by atoms with van der Waals surface area (Å²) in [5.41, 5.74) is -0.000965. The van der Waals surface area contributed by atoms with E-state index in [4.69, 9.17) is 4.74 Å². The second-order valence-corrected chi connectivity index (χ2v) is 6.07. The first-order valence-electron chi connectivity index (χ1n) is 7.97. The molecule has 0 aliphatic heterocycles. The Morgan fingerprint density at radius 3 is 2.91 bits per heavy atom. The largest absolute Gasteiger partial charge is 0.490 e. The molecular formula is C16H25N2O4+. The van der Waals surface area contributed by atoms with E-state index in [-0.39, 0.29) is 12.3 Å². The maximum Gasteiger partial charge on any atom is 0.273 e. The molecule has 0 radical (unpaired) electrons. The van der Waals surface area contributed by atoms with Crippen LogP contribution in [-0.2, 0) is 0 Å². The lowest BCUT2D eigenvalue weighted by Crippen LogP contribution is -3.13. The van der Waals surface area contributed by atoms with E-state index in [1.54, 1.807) is 12.1 Å². The zero-order valence-corrected chi connectivity index (χ0v) is 13.0. The number of benzene rings is 1. The van der Waals surface area contributed by atoms with Crippen LogP contribution < -0.4 is 9.64 Å². The molecule has 0 heterocycles. The zero-order valence-electron chi connectivity index (χ0n) is 13.0. The molecule has 2 N–H and O–H groups in total. The third-order valence-electron chi connectivity index (χ3n) is 3.87. The normalized spacial score (nSPS) is 17.0. The maximum atomic E-state index is 10.7. The van der Waals surface area contributed by atoms with E-state index < -0.39 is 11.0 Å². The van der Waals surface area contributed by atoms with Gasteiger partial charge in [0, 0.05) is 12.0 Å². The van der Waals surface area contributed by atoms with Gasteiger partial charge in [0.25, 0.3) is 5.69 Å². The number of hydrogen-bond acceptors (Lipinski definition) is 4. The van der Waals surface area contributed by atoms with Crippen molar-refractivity contribution < 1.29 is 19.7 Å². The van der Waals surface area contributed by atoms with Crippen molar-refractivity contribution in [2.75, 3.05) is 26.2 Å². The third-order valence-corrected chi connectivity index (χ3v) is 3.87. The van der Waals surface area contributed by atoms with Crippen LogP contribution in [0.15, 0.2) is 24.3 Å². The molecule has 0 spiro atoms. The Morgan fingerprint density at radius 1 is 1.50 bits per heavy atom. The highest BCUT2D eigenvalue weighted by molar-refractivity contribution is 5.37. The van der Waals surface area contributed by atoms with Crippen LogP contribution in [0.3, 0.4) is 0 Å². The monoisotopic (exact) mass is 309 g/mol. The lowest BCUT2D eigenvalue weighted by molar-refractivity contribution is -0.905. The van der Waals surface area contributed by atoms with Crippen molar-refractivity contribution in [2.45, 2.75) is 32.3 Å². The molecule has 1 fully saturated rings. The molecule has 0 aromatic heterocycles. The number of nitro groups is 1. The molecule has 1 aliphatic rings. The lowest BCUT2D eigenvalue weighted by Gasteiger charge is -2.22. The molecule has 0 saturated heterocycles. The number of aliphatic hydroxyl groups excluding tert-OH is 1. The van der Waals surface area contributed by atoms with E-state index in [1.165, 1.54) is 29.9 Å². The first-order chi connectivity index (χ1) is 10.6. The van der Waals surface area contributed by atoms with Crippen LogP contribution in [0.1, 0.15) is 26.2 Å². The third kappa shape index (κ3) is 5.61. The van der Waals surface area contributed by atoms with Gasteiger partial charge in [-0.3, -0.25) is 10.1 Å². The van der Waals surface area contributed by atoms with E-state index in [9.17, 15) is 15.2 Å². The molecule has 6 heteroatoms. The summed E-state index contributed by atoms with van der Waals surface area (Å²) in [5, 5.41) is 20.9. The van der Waals surface area contributed by atoms with Gasteiger partial charge < -0.3 is 14.7 Å². The highest BCUT2D eigenvalue weighted by Gasteiger charge is 2.27. The number of aliphatic hydroxyl groups is 1. The minimum Gasteiger partial charge on any atom is -0.490 e. The van der Waals surface area contributed by atoms with Crippen molar-refractivity contribution in [1.29, 1.82) is 0 Å². The SMILES string of the molecule is CCC[NH+](CC1CC1)C[C@@H](O)COc1cccc([N+](=O)[O-])c1. The minimum atomic E-state index is -0.556. The highest BCUT2D eigenvalue weighted by Crippen LogP contribution is 2.26. The molecule has 1 aromatic carbocycles. The summed E-state index contributed by atoms with van der Waals surface area (Å²) in [6, 6.07) is 6.06. The topological polar surface area (TPSA) is 77.0 Å². The van der Waals surface area contributed by atoms with Crippen molar-refractivity contribution in [2.24, 2.45) is 5.92 Å². The molecule has 22 heavy (non-hydrogen) atoms. The second-order valence-electron chi connectivity index (χ2n) is 6.07. The molecule has 1 aromatic rings. The van der Waals surface area contributed by atoms with Gasteiger partial charge in [0.2, 0.25) is 0 Å². The average molecular weight is 309 g/mol. The predicted molar refractivity (Wildman–Crippen MR) is 83.2 cm³/mol. The van der Waals surface area contributed by atoms with Gasteiger partial charge in [-0.15, -0.1) is 0 Å². The zero-order chi connectivity index (χ0) is 15.9. The van der Waals surface area contributed by atoms with E-state index in [2.05, 4.69) is 6.92 Å². The fraction of sp³-hybridized carbons (Fsp3) is 0.625. The number of rotatable bonds is 10. The quantitative estimate of drug-likeness (QED) is 0.500. The molecule has 122 valence electrons. The van der Waals surface area contributed by atoms with Crippen LogP contribution in [0.5, 0.6) is 5.75 Å². The van der Waals surface area contributed by atoms with Crippen molar-refractivity contribution in [3.63, 3.8) is 0 Å². The average Bonchev–Trinajstić information content (AvgIpc) is 3.29. The molecule has 0 amide bonds. The van der Waals surface area contributed by atoms with Gasteiger partial charge in [0.1, 0.15) is 25.0 Å². The molecule has 0 bridgehead atoms. The van der Waals surface area contributed by atoms with Crippen LogP contribution in [0.4, 0.5) is 5.69 Å². The smallest absolute Gasteiger partial charge is 0.273 e. The first-order valence-corrected chi connectivity index (χ1v) is 7.97. The highest BCUT2D eigenvalue weighted by atomic mass is 16.6. The Morgan fingerprint density at radius 2 is 2.27 bits per heavy atom. The number of nitrogens with one attached hydrogen (secondary N) is 1. The Bertz CT molecular complexity index is 491. The number of ether oxygens (including phenoxy) is 1. The van der Waals surface area contributed by atoms with Crippen molar-refractivity contribution in [3.8, 4) is 5.75 Å². The number of nitrogens with zero attached hydrogens (tertiary/aromatic N) is 1. The minimum absolute atomic E-state index is 0.000965. The Kier molecular flexibility index (Phi) is 6.15. The van der Waals surface area contributed by atoms with Crippen LogP contribution in [0, 0.1) is 16.0 Å². The van der Waals surface area contributed by atoms with Gasteiger partial charge in [-0.2, -0.15) is 0 Å².